The summed E-state index contributed by atoms with van der Waals surface area (Å²) in [5.74, 6) is 0. The molecular weight excluding hydrogens is 759 g/mol. The van der Waals surface area contributed by atoms with Crippen LogP contribution in [-0.2, 0) is 13.1 Å². The molecule has 0 fully saturated rings. The Labute approximate surface area is 350 Å². The number of anilines is 4. The van der Waals surface area contributed by atoms with Crippen molar-refractivity contribution in [1.82, 2.24) is 9.97 Å². The second kappa shape index (κ2) is 16.2. The molecule has 290 valence electrons. The molecule has 0 saturated carbocycles. The number of hydrogen-bond acceptors (Lipinski definition) is 6. The average molecular weight is 804 g/mol. The first-order chi connectivity index (χ1) is 27.2. The van der Waals surface area contributed by atoms with E-state index < -0.39 is 0 Å². The molecule has 0 aliphatic rings. The van der Waals surface area contributed by atoms with Crippen molar-refractivity contribution in [2.45, 2.75) is 40.8 Å². The Hall–Kier alpha value is -6.48. The summed E-state index contributed by atoms with van der Waals surface area (Å²) in [5.41, 5.74) is 33.0. The van der Waals surface area contributed by atoms with Crippen molar-refractivity contribution in [3.05, 3.63) is 167 Å². The first kappa shape index (κ1) is 39.7. The SMILES string of the molecule is Cc1cc2nc3cc(C)c(NCc4ccccc4CNc4ccc5nc6cc(C)c(N)cc6[n+](-c6ccccc6)c5c4C)cc3[n+](-c3ccccc3)c2cc1N.[Cl-].[Cl-]. The molecule has 0 saturated heterocycles. The van der Waals surface area contributed by atoms with Crippen molar-refractivity contribution in [3.63, 3.8) is 0 Å². The maximum Gasteiger partial charge on any atom is 0.242 e. The van der Waals surface area contributed by atoms with E-state index in [1.54, 1.807) is 0 Å². The molecule has 9 aromatic rings. The van der Waals surface area contributed by atoms with Gasteiger partial charge < -0.3 is 46.9 Å². The molecule has 10 heteroatoms. The van der Waals surface area contributed by atoms with Crippen LogP contribution in [0.1, 0.15) is 33.4 Å². The van der Waals surface area contributed by atoms with Crippen LogP contribution in [-0.4, -0.2) is 9.97 Å². The van der Waals surface area contributed by atoms with Gasteiger partial charge in [0.05, 0.1) is 0 Å². The third-order valence-electron chi connectivity index (χ3n) is 11.0. The number of halogens is 2. The van der Waals surface area contributed by atoms with Gasteiger partial charge in [0.15, 0.2) is 0 Å². The third kappa shape index (κ3) is 7.17. The van der Waals surface area contributed by atoms with Gasteiger partial charge in [0.25, 0.3) is 0 Å². The number of rotatable bonds is 8. The fourth-order valence-electron chi connectivity index (χ4n) is 7.82. The zero-order valence-electron chi connectivity index (χ0n) is 32.8. The van der Waals surface area contributed by atoms with Gasteiger partial charge in [-0.2, -0.15) is 0 Å². The second-order valence-electron chi connectivity index (χ2n) is 14.7. The minimum atomic E-state index is 0. The topological polar surface area (TPSA) is 110 Å². The second-order valence-corrected chi connectivity index (χ2v) is 14.7. The normalized spacial score (nSPS) is 11.1. The molecule has 7 aromatic carbocycles. The summed E-state index contributed by atoms with van der Waals surface area (Å²) in [6, 6.07) is 46.3. The van der Waals surface area contributed by atoms with Gasteiger partial charge in [-0.25, -0.2) is 9.97 Å². The number of aromatic nitrogens is 4. The van der Waals surface area contributed by atoms with Crippen LogP contribution in [0.2, 0.25) is 0 Å². The van der Waals surface area contributed by atoms with E-state index in [1.165, 1.54) is 11.1 Å². The number of nitrogen functional groups attached to an aromatic ring is 2. The summed E-state index contributed by atoms with van der Waals surface area (Å²) in [7, 11) is 0. The van der Waals surface area contributed by atoms with Gasteiger partial charge in [-0.05, 0) is 85.8 Å². The molecular formula is C48H44Cl2N8. The highest BCUT2D eigenvalue weighted by molar-refractivity contribution is 5.89. The van der Waals surface area contributed by atoms with Gasteiger partial charge in [0.2, 0.25) is 33.4 Å². The number of hydrogen-bond donors (Lipinski definition) is 4. The van der Waals surface area contributed by atoms with Crippen LogP contribution in [0.4, 0.5) is 22.7 Å². The first-order valence-electron chi connectivity index (χ1n) is 19.0. The Morgan fingerprint density at radius 3 is 1.48 bits per heavy atom. The quantitative estimate of drug-likeness (QED) is 0.107. The van der Waals surface area contributed by atoms with Crippen molar-refractivity contribution >= 4 is 66.9 Å². The Morgan fingerprint density at radius 2 is 0.914 bits per heavy atom. The van der Waals surface area contributed by atoms with Crippen LogP contribution in [0, 0.1) is 27.7 Å². The van der Waals surface area contributed by atoms with Crippen LogP contribution < -0.4 is 56.0 Å². The number of nitrogens with one attached hydrogen (secondary N) is 2. The fraction of sp³-hybridized carbons (Fsp3) is 0.125. The van der Waals surface area contributed by atoms with Crippen molar-refractivity contribution in [2.75, 3.05) is 22.1 Å². The minimum Gasteiger partial charge on any atom is -1.00 e. The standard InChI is InChI=1S/C48H42N8.2ClH/c1-29-21-42-45(24-37(29)49)55(35-15-7-5-8-16-35)47-26-41(31(3)23-44(47)54-42)52-28-34-14-12-11-13-33(34)27-51-39-19-20-40-48(32(39)4)56(36-17-9-6-10-18-36)46-25-38(50)30(2)22-43(46)53-40;;/h5-26H,27-28H2,1-4H3,(H4,49,50,51,52);2*1H. The Bertz CT molecular complexity index is 2950. The van der Waals surface area contributed by atoms with Crippen LogP contribution in [0.25, 0.3) is 55.5 Å². The van der Waals surface area contributed by atoms with Gasteiger partial charge in [0, 0.05) is 83.9 Å². The highest BCUT2D eigenvalue weighted by Crippen LogP contribution is 2.30. The molecule has 6 N–H and O–H groups in total. The summed E-state index contributed by atoms with van der Waals surface area (Å²) in [4.78, 5) is 10.2. The van der Waals surface area contributed by atoms with Crippen molar-refractivity contribution in [1.29, 1.82) is 0 Å². The smallest absolute Gasteiger partial charge is 0.242 e. The van der Waals surface area contributed by atoms with E-state index in [0.717, 1.165) is 101 Å². The van der Waals surface area contributed by atoms with Crippen LogP contribution in [0.3, 0.4) is 0 Å². The van der Waals surface area contributed by atoms with Crippen molar-refractivity contribution in [3.8, 4) is 11.4 Å². The maximum atomic E-state index is 6.46. The van der Waals surface area contributed by atoms with E-state index in [-0.39, 0.29) is 24.8 Å². The molecule has 2 heterocycles. The maximum absolute atomic E-state index is 6.46. The van der Waals surface area contributed by atoms with E-state index in [0.29, 0.717) is 13.1 Å². The highest BCUT2D eigenvalue weighted by atomic mass is 35.5. The molecule has 0 amide bonds. The molecule has 0 aliphatic heterocycles. The number of nitrogens with two attached hydrogens (primary N) is 2. The summed E-state index contributed by atoms with van der Waals surface area (Å²) in [6.45, 7) is 9.67. The molecule has 2 aromatic heterocycles. The number of benzene rings is 7. The summed E-state index contributed by atoms with van der Waals surface area (Å²) < 4.78 is 4.55. The zero-order valence-corrected chi connectivity index (χ0v) is 34.3. The van der Waals surface area contributed by atoms with Gasteiger partial charge in [0.1, 0.15) is 22.1 Å². The molecule has 9 rings (SSSR count). The lowest BCUT2D eigenvalue weighted by Gasteiger charge is -2.16. The first-order valence-corrected chi connectivity index (χ1v) is 19.0. The Kier molecular flexibility index (Phi) is 11.1. The zero-order chi connectivity index (χ0) is 38.5. The van der Waals surface area contributed by atoms with Gasteiger partial charge >= 0.3 is 0 Å². The van der Waals surface area contributed by atoms with Crippen molar-refractivity contribution < 1.29 is 33.9 Å². The van der Waals surface area contributed by atoms with Crippen molar-refractivity contribution in [2.24, 2.45) is 0 Å². The van der Waals surface area contributed by atoms with Crippen LogP contribution >= 0.6 is 0 Å². The number of fused-ring (bicyclic) bond motifs is 4. The Morgan fingerprint density at radius 1 is 0.466 bits per heavy atom. The molecule has 0 bridgehead atoms. The Balaban J connectivity index is 0.00000256. The van der Waals surface area contributed by atoms with Gasteiger partial charge in [-0.15, -0.1) is 9.13 Å². The molecule has 0 unspecified atom stereocenters. The number of para-hydroxylation sites is 2. The number of aryl methyl sites for hydroxylation is 4. The lowest BCUT2D eigenvalue weighted by Crippen LogP contribution is -3.00. The minimum absolute atomic E-state index is 0. The molecule has 0 atom stereocenters. The summed E-state index contributed by atoms with van der Waals surface area (Å²) in [5, 5.41) is 7.56. The fourth-order valence-corrected chi connectivity index (χ4v) is 7.82. The highest BCUT2D eigenvalue weighted by Gasteiger charge is 2.25. The van der Waals surface area contributed by atoms with E-state index in [4.69, 9.17) is 21.4 Å². The monoisotopic (exact) mass is 802 g/mol. The summed E-state index contributed by atoms with van der Waals surface area (Å²) in [6.07, 6.45) is 0. The molecule has 0 aliphatic carbocycles. The van der Waals surface area contributed by atoms with Crippen LogP contribution in [0.15, 0.2) is 133 Å². The van der Waals surface area contributed by atoms with Gasteiger partial charge in [-0.1, -0.05) is 60.7 Å². The third-order valence-corrected chi connectivity index (χ3v) is 11.0. The lowest BCUT2D eigenvalue weighted by atomic mass is 10.1. The number of nitrogens with zero attached hydrogens (tertiary/aromatic N) is 4. The molecule has 8 nitrogen and oxygen atoms in total. The van der Waals surface area contributed by atoms with E-state index in [1.807, 2.05) is 38.1 Å². The van der Waals surface area contributed by atoms with E-state index in [9.17, 15) is 0 Å². The summed E-state index contributed by atoms with van der Waals surface area (Å²) >= 11 is 0. The molecule has 58 heavy (non-hydrogen) atoms. The molecule has 0 radical (unpaired) electrons. The lowest BCUT2D eigenvalue weighted by molar-refractivity contribution is -0.538. The van der Waals surface area contributed by atoms with E-state index in [2.05, 4.69) is 143 Å². The largest absolute Gasteiger partial charge is 1.00 e. The predicted octanol–water partition coefficient (Wildman–Crippen LogP) is 3.27. The van der Waals surface area contributed by atoms with E-state index >= 15 is 0 Å². The molecule has 0 spiro atoms. The van der Waals surface area contributed by atoms with Crippen LogP contribution in [0.5, 0.6) is 0 Å². The predicted molar refractivity (Wildman–Crippen MR) is 230 cm³/mol. The van der Waals surface area contributed by atoms with Gasteiger partial charge in [-0.3, -0.25) is 0 Å². The average Bonchev–Trinajstić information content (AvgIpc) is 3.20.